The summed E-state index contributed by atoms with van der Waals surface area (Å²) >= 11 is 0. The average Bonchev–Trinajstić information content (AvgIpc) is 3.16. The number of aromatic nitrogens is 2. The lowest BCUT2D eigenvalue weighted by molar-refractivity contribution is 0.935. The largest absolute Gasteiger partial charge is 0.372 e. The van der Waals surface area contributed by atoms with Crippen molar-refractivity contribution < 1.29 is 0 Å². The SMILES string of the molecule is CCCNc1nccn1-c1ccc(N2CCCC2)cc1. The summed E-state index contributed by atoms with van der Waals surface area (Å²) in [7, 11) is 0. The van der Waals surface area contributed by atoms with Crippen LogP contribution in [0.4, 0.5) is 11.6 Å². The molecule has 2 heterocycles. The van der Waals surface area contributed by atoms with Crippen LogP contribution in [0.1, 0.15) is 26.2 Å². The van der Waals surface area contributed by atoms with Gasteiger partial charge in [0.15, 0.2) is 0 Å². The van der Waals surface area contributed by atoms with Crippen LogP contribution in [0.2, 0.25) is 0 Å². The molecule has 0 spiro atoms. The minimum Gasteiger partial charge on any atom is -0.372 e. The number of hydrogen-bond acceptors (Lipinski definition) is 3. The molecule has 0 amide bonds. The van der Waals surface area contributed by atoms with Gasteiger partial charge in [-0.15, -0.1) is 0 Å². The minimum absolute atomic E-state index is 0.917. The predicted molar refractivity (Wildman–Crippen MR) is 83.8 cm³/mol. The first kappa shape index (κ1) is 13.0. The van der Waals surface area contributed by atoms with Crippen LogP contribution in [0.3, 0.4) is 0 Å². The summed E-state index contributed by atoms with van der Waals surface area (Å²) in [5.41, 5.74) is 2.48. The average molecular weight is 270 g/mol. The predicted octanol–water partition coefficient (Wildman–Crippen LogP) is 3.29. The first-order valence-corrected chi connectivity index (χ1v) is 7.51. The third kappa shape index (κ3) is 2.64. The van der Waals surface area contributed by atoms with Crippen LogP contribution >= 0.6 is 0 Å². The number of anilines is 2. The van der Waals surface area contributed by atoms with Gasteiger partial charge in [-0.25, -0.2) is 4.98 Å². The Labute approximate surface area is 120 Å². The fourth-order valence-electron chi connectivity index (χ4n) is 2.68. The lowest BCUT2D eigenvalue weighted by Crippen LogP contribution is -2.17. The van der Waals surface area contributed by atoms with Crippen LogP contribution in [-0.2, 0) is 0 Å². The molecule has 106 valence electrons. The zero-order chi connectivity index (χ0) is 13.8. The Bertz CT molecular complexity index is 538. The lowest BCUT2D eigenvalue weighted by atomic mass is 10.2. The normalized spacial score (nSPS) is 14.8. The monoisotopic (exact) mass is 270 g/mol. The van der Waals surface area contributed by atoms with Crippen molar-refractivity contribution in [1.29, 1.82) is 0 Å². The van der Waals surface area contributed by atoms with Gasteiger partial charge >= 0.3 is 0 Å². The number of hydrogen-bond donors (Lipinski definition) is 1. The van der Waals surface area contributed by atoms with Crippen molar-refractivity contribution in [1.82, 2.24) is 9.55 Å². The molecule has 0 aliphatic carbocycles. The van der Waals surface area contributed by atoms with Gasteiger partial charge in [-0.05, 0) is 43.5 Å². The summed E-state index contributed by atoms with van der Waals surface area (Å²) in [6.07, 6.45) is 7.57. The van der Waals surface area contributed by atoms with Gasteiger partial charge in [0.05, 0.1) is 0 Å². The molecule has 1 fully saturated rings. The zero-order valence-electron chi connectivity index (χ0n) is 12.0. The van der Waals surface area contributed by atoms with Crippen LogP contribution < -0.4 is 10.2 Å². The number of nitrogens with zero attached hydrogens (tertiary/aromatic N) is 3. The Kier molecular flexibility index (Phi) is 3.90. The topological polar surface area (TPSA) is 33.1 Å². The molecule has 1 aromatic heterocycles. The molecule has 4 heteroatoms. The highest BCUT2D eigenvalue weighted by Gasteiger charge is 2.12. The molecule has 1 aromatic carbocycles. The molecule has 20 heavy (non-hydrogen) atoms. The van der Waals surface area contributed by atoms with Gasteiger partial charge in [0.25, 0.3) is 0 Å². The molecule has 0 saturated carbocycles. The fraction of sp³-hybridized carbons (Fsp3) is 0.438. The molecule has 2 aromatic rings. The second-order valence-electron chi connectivity index (χ2n) is 5.26. The molecule has 0 bridgehead atoms. The molecule has 1 aliphatic rings. The van der Waals surface area contributed by atoms with E-state index in [9.17, 15) is 0 Å². The highest BCUT2D eigenvalue weighted by molar-refractivity contribution is 5.53. The van der Waals surface area contributed by atoms with E-state index >= 15 is 0 Å². The van der Waals surface area contributed by atoms with E-state index in [2.05, 4.69) is 51.0 Å². The Morgan fingerprint density at radius 1 is 1.10 bits per heavy atom. The van der Waals surface area contributed by atoms with Crippen molar-refractivity contribution in [3.8, 4) is 5.69 Å². The Morgan fingerprint density at radius 3 is 2.50 bits per heavy atom. The molecule has 0 atom stereocenters. The zero-order valence-corrected chi connectivity index (χ0v) is 12.0. The summed E-state index contributed by atoms with van der Waals surface area (Å²) < 4.78 is 2.10. The summed E-state index contributed by atoms with van der Waals surface area (Å²) in [5.74, 6) is 0.917. The van der Waals surface area contributed by atoms with E-state index < -0.39 is 0 Å². The van der Waals surface area contributed by atoms with E-state index in [0.717, 1.165) is 24.6 Å². The lowest BCUT2D eigenvalue weighted by Gasteiger charge is -2.18. The second kappa shape index (κ2) is 5.99. The number of nitrogens with one attached hydrogen (secondary N) is 1. The van der Waals surface area contributed by atoms with Gasteiger partial charge in [-0.2, -0.15) is 0 Å². The maximum absolute atomic E-state index is 4.37. The van der Waals surface area contributed by atoms with Gasteiger partial charge in [-0.3, -0.25) is 4.57 Å². The van der Waals surface area contributed by atoms with E-state index in [4.69, 9.17) is 0 Å². The van der Waals surface area contributed by atoms with Gasteiger partial charge < -0.3 is 10.2 Å². The molecule has 0 radical (unpaired) electrons. The first-order valence-electron chi connectivity index (χ1n) is 7.51. The highest BCUT2D eigenvalue weighted by Crippen LogP contribution is 2.22. The Hall–Kier alpha value is -1.97. The molecule has 1 aliphatic heterocycles. The summed E-state index contributed by atoms with van der Waals surface area (Å²) in [5, 5.41) is 3.35. The maximum atomic E-state index is 4.37. The van der Waals surface area contributed by atoms with E-state index in [1.165, 1.54) is 31.6 Å². The van der Waals surface area contributed by atoms with Crippen LogP contribution in [0.25, 0.3) is 5.69 Å². The van der Waals surface area contributed by atoms with Crippen molar-refractivity contribution in [2.45, 2.75) is 26.2 Å². The van der Waals surface area contributed by atoms with E-state index in [0.29, 0.717) is 0 Å². The number of imidazole rings is 1. The third-order valence-corrected chi connectivity index (χ3v) is 3.77. The highest BCUT2D eigenvalue weighted by atomic mass is 15.2. The maximum Gasteiger partial charge on any atom is 0.207 e. The van der Waals surface area contributed by atoms with E-state index in [1.54, 1.807) is 0 Å². The Balaban J connectivity index is 1.78. The molecular weight excluding hydrogens is 248 g/mol. The minimum atomic E-state index is 0.917. The first-order chi connectivity index (χ1) is 9.88. The van der Waals surface area contributed by atoms with Crippen molar-refractivity contribution >= 4 is 11.6 Å². The molecule has 4 nitrogen and oxygen atoms in total. The molecule has 1 N–H and O–H groups in total. The summed E-state index contributed by atoms with van der Waals surface area (Å²) in [6, 6.07) is 8.77. The third-order valence-electron chi connectivity index (χ3n) is 3.77. The fourth-order valence-corrected chi connectivity index (χ4v) is 2.68. The van der Waals surface area contributed by atoms with Gasteiger partial charge in [0, 0.05) is 43.4 Å². The Morgan fingerprint density at radius 2 is 1.80 bits per heavy atom. The second-order valence-corrected chi connectivity index (χ2v) is 5.26. The standard InChI is InChI=1S/C16H22N4/c1-2-9-17-16-18-10-13-20(16)15-7-5-14(6-8-15)19-11-3-4-12-19/h5-8,10,13H,2-4,9,11-12H2,1H3,(H,17,18). The van der Waals surface area contributed by atoms with Crippen molar-refractivity contribution in [2.75, 3.05) is 29.9 Å². The van der Waals surface area contributed by atoms with Crippen LogP contribution in [0, 0.1) is 0 Å². The summed E-state index contributed by atoms with van der Waals surface area (Å²) in [6.45, 7) is 5.48. The van der Waals surface area contributed by atoms with Crippen LogP contribution in [-0.4, -0.2) is 29.2 Å². The van der Waals surface area contributed by atoms with Crippen LogP contribution in [0.15, 0.2) is 36.7 Å². The van der Waals surface area contributed by atoms with Crippen molar-refractivity contribution in [3.63, 3.8) is 0 Å². The number of benzene rings is 1. The van der Waals surface area contributed by atoms with Gasteiger partial charge in [0.2, 0.25) is 5.95 Å². The smallest absolute Gasteiger partial charge is 0.207 e. The molecule has 0 unspecified atom stereocenters. The van der Waals surface area contributed by atoms with E-state index in [1.807, 2.05) is 12.4 Å². The van der Waals surface area contributed by atoms with E-state index in [-0.39, 0.29) is 0 Å². The molecular formula is C16H22N4. The summed E-state index contributed by atoms with van der Waals surface area (Å²) in [4.78, 5) is 6.82. The molecule has 1 saturated heterocycles. The van der Waals surface area contributed by atoms with Crippen molar-refractivity contribution in [2.24, 2.45) is 0 Å². The van der Waals surface area contributed by atoms with Gasteiger partial charge in [0.1, 0.15) is 0 Å². The quantitative estimate of drug-likeness (QED) is 0.905. The van der Waals surface area contributed by atoms with Crippen molar-refractivity contribution in [3.05, 3.63) is 36.7 Å². The number of rotatable bonds is 5. The molecule has 3 rings (SSSR count). The van der Waals surface area contributed by atoms with Crippen LogP contribution in [0.5, 0.6) is 0 Å². The van der Waals surface area contributed by atoms with Gasteiger partial charge in [-0.1, -0.05) is 6.92 Å².